The predicted octanol–water partition coefficient (Wildman–Crippen LogP) is 1.26. The van der Waals surface area contributed by atoms with E-state index in [4.69, 9.17) is 0 Å². The van der Waals surface area contributed by atoms with E-state index in [2.05, 4.69) is 9.97 Å². The number of rotatable bonds is 2. The molecule has 1 amide bonds. The molecule has 2 atom stereocenters. The molecule has 3 aliphatic rings. The van der Waals surface area contributed by atoms with Crippen molar-refractivity contribution in [3.8, 4) is 0 Å². The Bertz CT molecular complexity index is 747. The molecule has 8 heteroatoms. The SMILES string of the molecule is O=C(C1CCCCCC1)N1CCN(c2ncccn2)[C@H]2CS(=O)(=O)C[C@H]21. The van der Waals surface area contributed by atoms with Crippen molar-refractivity contribution in [2.45, 2.75) is 50.6 Å². The highest BCUT2D eigenvalue weighted by molar-refractivity contribution is 7.91. The lowest BCUT2D eigenvalue weighted by Crippen LogP contribution is -2.62. The van der Waals surface area contributed by atoms with E-state index in [1.165, 1.54) is 12.8 Å². The van der Waals surface area contributed by atoms with Crippen molar-refractivity contribution in [3.05, 3.63) is 18.5 Å². The van der Waals surface area contributed by atoms with Crippen LogP contribution >= 0.6 is 0 Å². The zero-order valence-electron chi connectivity index (χ0n) is 15.0. The van der Waals surface area contributed by atoms with Crippen LogP contribution in [0.5, 0.6) is 0 Å². The lowest BCUT2D eigenvalue weighted by Gasteiger charge is -2.44. The highest BCUT2D eigenvalue weighted by Crippen LogP contribution is 2.32. The topological polar surface area (TPSA) is 83.5 Å². The lowest BCUT2D eigenvalue weighted by molar-refractivity contribution is -0.138. The Morgan fingerprint density at radius 3 is 2.31 bits per heavy atom. The monoisotopic (exact) mass is 378 g/mol. The summed E-state index contributed by atoms with van der Waals surface area (Å²) in [5.41, 5.74) is 0. The first-order chi connectivity index (χ1) is 12.6. The average molecular weight is 378 g/mol. The van der Waals surface area contributed by atoms with Gasteiger partial charge in [0.05, 0.1) is 23.6 Å². The highest BCUT2D eigenvalue weighted by atomic mass is 32.2. The van der Waals surface area contributed by atoms with Gasteiger partial charge in [-0.2, -0.15) is 0 Å². The molecule has 142 valence electrons. The second-order valence-corrected chi connectivity index (χ2v) is 9.83. The number of carbonyl (C=O) groups excluding carboxylic acids is 1. The van der Waals surface area contributed by atoms with Gasteiger partial charge in [0.15, 0.2) is 9.84 Å². The van der Waals surface area contributed by atoms with Crippen molar-refractivity contribution in [3.63, 3.8) is 0 Å². The van der Waals surface area contributed by atoms with Crippen molar-refractivity contribution >= 4 is 21.7 Å². The van der Waals surface area contributed by atoms with E-state index < -0.39 is 9.84 Å². The van der Waals surface area contributed by atoms with Crippen LogP contribution < -0.4 is 4.90 Å². The molecule has 1 saturated carbocycles. The fourth-order valence-electron chi connectivity index (χ4n) is 4.68. The molecule has 3 heterocycles. The van der Waals surface area contributed by atoms with Gasteiger partial charge in [0.1, 0.15) is 0 Å². The Morgan fingerprint density at radius 2 is 1.62 bits per heavy atom. The molecule has 2 saturated heterocycles. The number of amides is 1. The van der Waals surface area contributed by atoms with Crippen LogP contribution in [0.3, 0.4) is 0 Å². The van der Waals surface area contributed by atoms with Gasteiger partial charge in [0.2, 0.25) is 11.9 Å². The fraction of sp³-hybridized carbons (Fsp3) is 0.722. The summed E-state index contributed by atoms with van der Waals surface area (Å²) < 4.78 is 24.7. The number of fused-ring (bicyclic) bond motifs is 1. The maximum Gasteiger partial charge on any atom is 0.226 e. The standard InChI is InChI=1S/C18H26N4O3S/c23-17(14-6-3-1-2-4-7-14)21-10-11-22(18-19-8-5-9-20-18)16-13-26(24,25)12-15(16)21/h5,8-9,14-16H,1-4,6-7,10-13H2/t15-,16+/m1/s1. The van der Waals surface area contributed by atoms with Crippen molar-refractivity contribution in [1.82, 2.24) is 14.9 Å². The Kier molecular flexibility index (Phi) is 4.86. The van der Waals surface area contributed by atoms with Gasteiger partial charge >= 0.3 is 0 Å². The van der Waals surface area contributed by atoms with Gasteiger partial charge < -0.3 is 9.80 Å². The summed E-state index contributed by atoms with van der Waals surface area (Å²) in [6.07, 6.45) is 9.80. The zero-order chi connectivity index (χ0) is 18.1. The second kappa shape index (κ2) is 7.13. The molecular weight excluding hydrogens is 352 g/mol. The fourth-order valence-corrected chi connectivity index (χ4v) is 6.66. The molecule has 0 aromatic carbocycles. The lowest BCUT2D eigenvalue weighted by atomic mass is 9.95. The third-order valence-electron chi connectivity index (χ3n) is 5.97. The van der Waals surface area contributed by atoms with E-state index >= 15 is 0 Å². The van der Waals surface area contributed by atoms with Crippen LogP contribution in [0.15, 0.2) is 18.5 Å². The minimum Gasteiger partial charge on any atom is -0.335 e. The van der Waals surface area contributed by atoms with E-state index in [1.54, 1.807) is 18.5 Å². The minimum atomic E-state index is -3.17. The van der Waals surface area contributed by atoms with Gasteiger partial charge in [0.25, 0.3) is 0 Å². The first-order valence-corrected chi connectivity index (χ1v) is 11.4. The van der Waals surface area contributed by atoms with Crippen molar-refractivity contribution in [2.75, 3.05) is 29.5 Å². The van der Waals surface area contributed by atoms with Crippen LogP contribution in [0.4, 0.5) is 5.95 Å². The van der Waals surface area contributed by atoms with Gasteiger partial charge in [-0.15, -0.1) is 0 Å². The number of nitrogens with zero attached hydrogens (tertiary/aromatic N) is 4. The van der Waals surface area contributed by atoms with E-state index in [0.29, 0.717) is 19.0 Å². The van der Waals surface area contributed by atoms with Gasteiger partial charge in [-0.1, -0.05) is 25.7 Å². The molecule has 1 aromatic heterocycles. The molecule has 0 radical (unpaired) electrons. The first kappa shape index (κ1) is 17.7. The summed E-state index contributed by atoms with van der Waals surface area (Å²) in [6, 6.07) is 1.22. The molecule has 1 aromatic rings. The summed E-state index contributed by atoms with van der Waals surface area (Å²) in [7, 11) is -3.17. The second-order valence-electron chi connectivity index (χ2n) is 7.67. The smallest absolute Gasteiger partial charge is 0.226 e. The van der Waals surface area contributed by atoms with Crippen LogP contribution in [0.25, 0.3) is 0 Å². The van der Waals surface area contributed by atoms with Crippen LogP contribution in [-0.4, -0.2) is 65.9 Å². The summed E-state index contributed by atoms with van der Waals surface area (Å²) in [4.78, 5) is 25.6. The number of hydrogen-bond acceptors (Lipinski definition) is 6. The van der Waals surface area contributed by atoms with Gasteiger partial charge in [-0.25, -0.2) is 18.4 Å². The largest absolute Gasteiger partial charge is 0.335 e. The maximum absolute atomic E-state index is 13.2. The van der Waals surface area contributed by atoms with Gasteiger partial charge in [-0.05, 0) is 18.9 Å². The molecule has 3 fully saturated rings. The van der Waals surface area contributed by atoms with Gasteiger partial charge in [-0.3, -0.25) is 4.79 Å². The van der Waals surface area contributed by atoms with Crippen LogP contribution in [0.1, 0.15) is 38.5 Å². The zero-order valence-corrected chi connectivity index (χ0v) is 15.8. The third-order valence-corrected chi connectivity index (χ3v) is 7.67. The number of carbonyl (C=O) groups is 1. The third kappa shape index (κ3) is 3.43. The summed E-state index contributed by atoms with van der Waals surface area (Å²) in [5.74, 6) is 0.902. The molecule has 1 aliphatic carbocycles. The molecule has 0 N–H and O–H groups in total. The maximum atomic E-state index is 13.2. The predicted molar refractivity (Wildman–Crippen MR) is 98.5 cm³/mol. The van der Waals surface area contributed by atoms with Crippen molar-refractivity contribution < 1.29 is 13.2 Å². The van der Waals surface area contributed by atoms with Crippen molar-refractivity contribution in [2.24, 2.45) is 5.92 Å². The summed E-state index contributed by atoms with van der Waals surface area (Å²) in [5, 5.41) is 0. The summed E-state index contributed by atoms with van der Waals surface area (Å²) in [6.45, 7) is 1.13. The Hall–Kier alpha value is -1.70. The average Bonchev–Trinajstić information content (AvgIpc) is 2.81. The summed E-state index contributed by atoms with van der Waals surface area (Å²) >= 11 is 0. The molecule has 4 rings (SSSR count). The minimum absolute atomic E-state index is 0.0550. The molecule has 0 unspecified atom stereocenters. The van der Waals surface area contributed by atoms with E-state index in [0.717, 1.165) is 25.7 Å². The number of hydrogen-bond donors (Lipinski definition) is 0. The Labute approximate surface area is 154 Å². The van der Waals surface area contributed by atoms with E-state index in [-0.39, 0.29) is 35.4 Å². The molecule has 0 spiro atoms. The number of anilines is 1. The Balaban J connectivity index is 1.58. The first-order valence-electron chi connectivity index (χ1n) is 9.60. The highest BCUT2D eigenvalue weighted by Gasteiger charge is 2.49. The Morgan fingerprint density at radius 1 is 0.962 bits per heavy atom. The number of piperazine rings is 1. The normalized spacial score (nSPS) is 29.2. The van der Waals surface area contributed by atoms with Crippen LogP contribution in [0.2, 0.25) is 0 Å². The quantitative estimate of drug-likeness (QED) is 0.721. The molecule has 2 aliphatic heterocycles. The molecular formula is C18H26N4O3S. The van der Waals surface area contributed by atoms with Crippen LogP contribution in [-0.2, 0) is 14.6 Å². The molecule has 0 bridgehead atoms. The van der Waals surface area contributed by atoms with Crippen molar-refractivity contribution in [1.29, 1.82) is 0 Å². The number of sulfone groups is 1. The number of aromatic nitrogens is 2. The van der Waals surface area contributed by atoms with Crippen LogP contribution in [0, 0.1) is 5.92 Å². The van der Waals surface area contributed by atoms with E-state index in [9.17, 15) is 13.2 Å². The molecule has 26 heavy (non-hydrogen) atoms. The van der Waals surface area contributed by atoms with Gasteiger partial charge in [0, 0.05) is 31.4 Å². The van der Waals surface area contributed by atoms with E-state index in [1.807, 2.05) is 9.80 Å². The molecule has 7 nitrogen and oxygen atoms in total.